The monoisotopic (exact) mass is 392 g/mol. The van der Waals surface area contributed by atoms with Crippen LogP contribution in [-0.4, -0.2) is 8.80 Å². The molecular weight excluding hydrogens is 370 g/mol. The van der Waals surface area contributed by atoms with Crippen molar-refractivity contribution in [3.05, 3.63) is 27.8 Å². The quantitative estimate of drug-likeness (QED) is 0.645. The second kappa shape index (κ2) is 5.43. The Morgan fingerprint density at radius 1 is 0.600 bits per heavy atom. The first kappa shape index (κ1) is 15.1. The van der Waals surface area contributed by atoms with Crippen LogP contribution in [0.1, 0.15) is 27.8 Å². The van der Waals surface area contributed by atoms with E-state index in [1.807, 2.05) is 0 Å². The molecule has 0 unspecified atom stereocenters. The zero-order valence-corrected chi connectivity index (χ0v) is 14.6. The minimum Gasteiger partial charge on any atom is -0.0671 e. The average Bonchev–Trinajstić information content (AvgIpc) is 2.11. The molecule has 0 heterocycles. The molecule has 1 rings (SSSR count). The molecule has 1 aromatic rings. The van der Waals surface area contributed by atoms with Gasteiger partial charge in [-0.1, -0.05) is 18.3 Å². The Hall–Kier alpha value is 0.0992. The maximum absolute atomic E-state index is 2.38. The Labute approximate surface area is 110 Å². The number of rotatable bonds is 1. The zero-order chi connectivity index (χ0) is 11.0. The van der Waals surface area contributed by atoms with E-state index in [0.717, 1.165) is 0 Å². The summed E-state index contributed by atoms with van der Waals surface area (Å²) in [6.07, 6.45) is 0. The minimum absolute atomic E-state index is 0. The van der Waals surface area contributed by atoms with E-state index in [1.165, 1.54) is 27.8 Å². The predicted octanol–water partition coefficient (Wildman–Crippen LogP) is 3.19. The third kappa shape index (κ3) is 2.61. The number of hydrogen-bond acceptors (Lipinski definition) is 0. The van der Waals surface area contributed by atoms with Crippen LogP contribution in [-0.2, 0) is 20.4 Å². The first-order valence-corrected chi connectivity index (χ1v) is 7.75. The van der Waals surface area contributed by atoms with Gasteiger partial charge in [0.05, 0.1) is 8.80 Å². The predicted molar refractivity (Wildman–Crippen MR) is 67.2 cm³/mol. The zero-order valence-electron chi connectivity index (χ0n) is 10.9. The van der Waals surface area contributed by atoms with E-state index in [0.29, 0.717) is 0 Å². The van der Waals surface area contributed by atoms with Gasteiger partial charge in [-0.25, -0.2) is 0 Å². The second-order valence-corrected chi connectivity index (χ2v) is 7.00. The third-order valence-corrected chi connectivity index (χ3v) is 5.25. The summed E-state index contributed by atoms with van der Waals surface area (Å²) in [5.74, 6) is 0. The van der Waals surface area contributed by atoms with Crippen molar-refractivity contribution in [1.29, 1.82) is 0 Å². The van der Waals surface area contributed by atoms with Crippen molar-refractivity contribution in [3.8, 4) is 0 Å². The largest absolute Gasteiger partial charge is 0.0799 e. The van der Waals surface area contributed by atoms with Gasteiger partial charge >= 0.3 is 0 Å². The summed E-state index contributed by atoms with van der Waals surface area (Å²) in [5, 5.41) is 1.65. The average molecular weight is 392 g/mol. The van der Waals surface area contributed by atoms with Gasteiger partial charge in [0.15, 0.2) is 0 Å². The molecule has 0 aliphatic heterocycles. The van der Waals surface area contributed by atoms with E-state index >= 15 is 0 Å². The van der Waals surface area contributed by atoms with Crippen molar-refractivity contribution < 1.29 is 20.4 Å². The molecule has 84 valence electrons. The van der Waals surface area contributed by atoms with Crippen LogP contribution in [0.25, 0.3) is 0 Å². The van der Waals surface area contributed by atoms with E-state index in [2.05, 4.69) is 47.7 Å². The maximum Gasteiger partial charge on any atom is 0.0799 e. The summed E-state index contributed by atoms with van der Waals surface area (Å²) in [7, 11) is -0.333. The van der Waals surface area contributed by atoms with Crippen LogP contribution >= 0.6 is 0 Å². The fourth-order valence-electron chi connectivity index (χ4n) is 2.25. The molecule has 0 fully saturated rings. The van der Waals surface area contributed by atoms with E-state index in [-0.39, 0.29) is 29.2 Å². The molecular formula is C13H21ReSi. The molecule has 0 spiro atoms. The summed E-state index contributed by atoms with van der Waals surface area (Å²) in [6, 6.07) is 0. The van der Waals surface area contributed by atoms with Crippen LogP contribution in [0.3, 0.4) is 0 Å². The van der Waals surface area contributed by atoms with Crippen LogP contribution in [0, 0.1) is 34.6 Å². The molecule has 2 radical (unpaired) electrons. The van der Waals surface area contributed by atoms with Crippen molar-refractivity contribution in [2.45, 2.75) is 47.7 Å². The van der Waals surface area contributed by atoms with E-state index in [1.54, 1.807) is 5.19 Å². The van der Waals surface area contributed by atoms with Crippen LogP contribution in [0.15, 0.2) is 0 Å². The Kier molecular flexibility index (Phi) is 5.47. The van der Waals surface area contributed by atoms with Crippen molar-refractivity contribution in [1.82, 2.24) is 0 Å². The molecule has 2 heteroatoms. The molecule has 0 bridgehead atoms. The van der Waals surface area contributed by atoms with Gasteiger partial charge in [0.2, 0.25) is 0 Å². The summed E-state index contributed by atoms with van der Waals surface area (Å²) in [5.41, 5.74) is 7.53. The fourth-order valence-corrected chi connectivity index (χ4v) is 4.12. The summed E-state index contributed by atoms with van der Waals surface area (Å²) in [6.45, 7) is 16.1. The Bertz CT molecular complexity index is 338. The van der Waals surface area contributed by atoms with Crippen LogP contribution in [0.5, 0.6) is 0 Å². The Balaban J connectivity index is 0.00000196. The Morgan fingerprint density at radius 2 is 0.867 bits per heavy atom. The summed E-state index contributed by atoms with van der Waals surface area (Å²) in [4.78, 5) is 0. The van der Waals surface area contributed by atoms with Gasteiger partial charge in [-0.2, -0.15) is 0 Å². The van der Waals surface area contributed by atoms with E-state index < -0.39 is 0 Å². The van der Waals surface area contributed by atoms with Gasteiger partial charge in [0.25, 0.3) is 0 Å². The van der Waals surface area contributed by atoms with E-state index in [9.17, 15) is 0 Å². The van der Waals surface area contributed by atoms with Gasteiger partial charge in [-0.15, -0.1) is 0 Å². The maximum atomic E-state index is 2.38. The first-order valence-electron chi connectivity index (χ1n) is 5.25. The molecule has 0 nitrogen and oxygen atoms in total. The van der Waals surface area contributed by atoms with Crippen LogP contribution in [0.2, 0.25) is 13.1 Å². The SMILES string of the molecule is Cc1c(C)c(C)c([Si](C)C)c(C)c1C.[Re]. The number of benzene rings is 1. The molecule has 0 aromatic heterocycles. The van der Waals surface area contributed by atoms with Gasteiger partial charge in [-0.05, 0) is 62.4 Å². The molecule has 0 aliphatic carbocycles. The minimum atomic E-state index is -0.333. The molecule has 15 heavy (non-hydrogen) atoms. The van der Waals surface area contributed by atoms with Gasteiger partial charge in [0.1, 0.15) is 0 Å². The first-order chi connectivity index (χ1) is 6.37. The second-order valence-electron chi connectivity index (χ2n) is 4.50. The van der Waals surface area contributed by atoms with Crippen LogP contribution in [0.4, 0.5) is 0 Å². The molecule has 0 saturated heterocycles. The normalized spacial score (nSPS) is 10.4. The standard InChI is InChI=1S/C13H21Si.Re/c1-8-9(2)11(4)13(14(6)7)12(5)10(8)3;/h1-7H3;. The van der Waals surface area contributed by atoms with Gasteiger partial charge < -0.3 is 0 Å². The van der Waals surface area contributed by atoms with Crippen LogP contribution < -0.4 is 5.19 Å². The van der Waals surface area contributed by atoms with Crippen molar-refractivity contribution in [3.63, 3.8) is 0 Å². The van der Waals surface area contributed by atoms with E-state index in [4.69, 9.17) is 0 Å². The summed E-state index contributed by atoms with van der Waals surface area (Å²) < 4.78 is 0. The smallest absolute Gasteiger partial charge is 0.0671 e. The molecule has 0 aliphatic rings. The molecule has 0 atom stereocenters. The van der Waals surface area contributed by atoms with Gasteiger partial charge in [0, 0.05) is 20.4 Å². The van der Waals surface area contributed by atoms with Crippen molar-refractivity contribution in [2.75, 3.05) is 0 Å². The molecule has 1 aromatic carbocycles. The molecule has 0 N–H and O–H groups in total. The molecule has 0 saturated carbocycles. The number of hydrogen-bond donors (Lipinski definition) is 0. The summed E-state index contributed by atoms with van der Waals surface area (Å²) >= 11 is 0. The fraction of sp³-hybridized carbons (Fsp3) is 0.538. The van der Waals surface area contributed by atoms with Gasteiger partial charge in [-0.3, -0.25) is 0 Å². The Morgan fingerprint density at radius 3 is 1.13 bits per heavy atom. The molecule has 0 amide bonds. The van der Waals surface area contributed by atoms with Crippen molar-refractivity contribution >= 4 is 14.0 Å². The van der Waals surface area contributed by atoms with Crippen molar-refractivity contribution in [2.24, 2.45) is 0 Å². The third-order valence-electron chi connectivity index (χ3n) is 3.50. The topological polar surface area (TPSA) is 0 Å².